The first kappa shape index (κ1) is 16.7. The van der Waals surface area contributed by atoms with Gasteiger partial charge in [-0.05, 0) is 42.5 Å². The van der Waals surface area contributed by atoms with Crippen molar-refractivity contribution in [2.45, 2.75) is 52.2 Å². The number of aliphatic hydroxyl groups is 1. The van der Waals surface area contributed by atoms with E-state index >= 15 is 0 Å². The summed E-state index contributed by atoms with van der Waals surface area (Å²) < 4.78 is 2.11. The summed E-state index contributed by atoms with van der Waals surface area (Å²) in [6.07, 6.45) is 0. The molecule has 0 amide bonds. The molecule has 0 radical (unpaired) electrons. The van der Waals surface area contributed by atoms with Gasteiger partial charge in [0.25, 0.3) is 0 Å². The molecule has 2 aromatic carbocycles. The maximum absolute atomic E-state index is 10.5. The largest absolute Gasteiger partial charge is 0.383 e. The summed E-state index contributed by atoms with van der Waals surface area (Å²) in [6, 6.07) is 16.8. The second kappa shape index (κ2) is 5.75. The van der Waals surface area contributed by atoms with Crippen molar-refractivity contribution >= 4 is 11.0 Å². The molecule has 3 rings (SSSR count). The standard InChI is InChI=1S/C21H26N2O/c1-20(2,3)16-12-10-15(11-13-16)14-23-18-9-7-6-8-17(18)22-19(23)21(4,5)24/h6-13,24H,14H2,1-5H3. The van der Waals surface area contributed by atoms with Crippen molar-refractivity contribution in [3.63, 3.8) is 0 Å². The highest BCUT2D eigenvalue weighted by Gasteiger charge is 2.24. The van der Waals surface area contributed by atoms with Crippen molar-refractivity contribution in [1.82, 2.24) is 9.55 Å². The van der Waals surface area contributed by atoms with Gasteiger partial charge in [-0.1, -0.05) is 57.2 Å². The van der Waals surface area contributed by atoms with Crippen LogP contribution in [0.15, 0.2) is 48.5 Å². The molecule has 0 aliphatic rings. The van der Waals surface area contributed by atoms with Crippen LogP contribution < -0.4 is 0 Å². The van der Waals surface area contributed by atoms with Crippen molar-refractivity contribution < 1.29 is 5.11 Å². The molecule has 3 nitrogen and oxygen atoms in total. The third-order valence-corrected chi connectivity index (χ3v) is 4.36. The highest BCUT2D eigenvalue weighted by molar-refractivity contribution is 5.76. The van der Waals surface area contributed by atoms with Crippen LogP contribution in [0.4, 0.5) is 0 Å². The van der Waals surface area contributed by atoms with Gasteiger partial charge in [0, 0.05) is 6.54 Å². The summed E-state index contributed by atoms with van der Waals surface area (Å²) in [4.78, 5) is 4.65. The van der Waals surface area contributed by atoms with Crippen LogP contribution in [0.1, 0.15) is 51.6 Å². The first-order valence-corrected chi connectivity index (χ1v) is 8.44. The van der Waals surface area contributed by atoms with Crippen molar-refractivity contribution in [3.05, 3.63) is 65.5 Å². The van der Waals surface area contributed by atoms with Crippen LogP contribution >= 0.6 is 0 Å². The fourth-order valence-electron chi connectivity index (χ4n) is 3.00. The molecule has 0 spiro atoms. The number of aromatic nitrogens is 2. The van der Waals surface area contributed by atoms with E-state index in [1.807, 2.05) is 18.2 Å². The molecular formula is C21H26N2O. The highest BCUT2D eigenvalue weighted by Crippen LogP contribution is 2.27. The van der Waals surface area contributed by atoms with E-state index in [1.165, 1.54) is 11.1 Å². The van der Waals surface area contributed by atoms with E-state index < -0.39 is 5.60 Å². The molecule has 1 heterocycles. The zero-order valence-electron chi connectivity index (χ0n) is 15.2. The molecule has 0 aliphatic carbocycles. The van der Waals surface area contributed by atoms with Gasteiger partial charge in [0.2, 0.25) is 0 Å². The average Bonchev–Trinajstić information content (AvgIpc) is 2.86. The second-order valence-corrected chi connectivity index (χ2v) is 8.02. The molecule has 1 aromatic heterocycles. The van der Waals surface area contributed by atoms with Gasteiger partial charge in [-0.15, -0.1) is 0 Å². The Kier molecular flexibility index (Phi) is 4.00. The van der Waals surface area contributed by atoms with Gasteiger partial charge >= 0.3 is 0 Å². The van der Waals surface area contributed by atoms with Crippen molar-refractivity contribution in [2.24, 2.45) is 0 Å². The molecule has 0 saturated heterocycles. The van der Waals surface area contributed by atoms with Crippen LogP contribution in [0.3, 0.4) is 0 Å². The third-order valence-electron chi connectivity index (χ3n) is 4.36. The molecule has 0 fully saturated rings. The predicted octanol–water partition coefficient (Wildman–Crippen LogP) is 4.61. The Balaban J connectivity index is 2.03. The molecule has 3 heteroatoms. The fraction of sp³-hybridized carbons (Fsp3) is 0.381. The lowest BCUT2D eigenvalue weighted by atomic mass is 9.87. The van der Waals surface area contributed by atoms with Gasteiger partial charge in [-0.25, -0.2) is 4.98 Å². The molecule has 0 aliphatic heterocycles. The quantitative estimate of drug-likeness (QED) is 0.764. The van der Waals surface area contributed by atoms with Gasteiger partial charge in [0.15, 0.2) is 0 Å². The van der Waals surface area contributed by atoms with Gasteiger partial charge in [-0.3, -0.25) is 0 Å². The minimum Gasteiger partial charge on any atom is -0.383 e. The number of rotatable bonds is 3. The number of imidazole rings is 1. The molecule has 0 atom stereocenters. The normalized spacial score (nSPS) is 12.8. The minimum absolute atomic E-state index is 0.151. The van der Waals surface area contributed by atoms with E-state index in [0.29, 0.717) is 12.4 Å². The molecule has 0 bridgehead atoms. The Morgan fingerprint density at radius 2 is 1.54 bits per heavy atom. The highest BCUT2D eigenvalue weighted by atomic mass is 16.3. The van der Waals surface area contributed by atoms with E-state index in [9.17, 15) is 5.11 Å². The Hall–Kier alpha value is -2.13. The van der Waals surface area contributed by atoms with Gasteiger partial charge in [0.1, 0.15) is 11.4 Å². The Bertz CT molecular complexity index is 846. The summed E-state index contributed by atoms with van der Waals surface area (Å²) in [7, 11) is 0. The Morgan fingerprint density at radius 3 is 2.12 bits per heavy atom. The molecule has 0 saturated carbocycles. The fourth-order valence-corrected chi connectivity index (χ4v) is 3.00. The van der Waals surface area contributed by atoms with Crippen LogP contribution in [0, 0.1) is 0 Å². The molecule has 126 valence electrons. The smallest absolute Gasteiger partial charge is 0.141 e. The Morgan fingerprint density at radius 1 is 0.917 bits per heavy atom. The van der Waals surface area contributed by atoms with E-state index in [2.05, 4.69) is 60.7 Å². The SMILES string of the molecule is CC(C)(C)c1ccc(Cn2c(C(C)(C)O)nc3ccccc32)cc1. The predicted molar refractivity (Wildman–Crippen MR) is 99.2 cm³/mol. The minimum atomic E-state index is -0.982. The van der Waals surface area contributed by atoms with Crippen LogP contribution in [-0.2, 0) is 17.6 Å². The Labute approximate surface area is 144 Å². The lowest BCUT2D eigenvalue weighted by Gasteiger charge is -2.21. The summed E-state index contributed by atoms with van der Waals surface area (Å²) in [5, 5.41) is 10.5. The van der Waals surface area contributed by atoms with Crippen LogP contribution in [0.25, 0.3) is 11.0 Å². The third kappa shape index (κ3) is 3.22. The molecule has 3 aromatic rings. The first-order chi connectivity index (χ1) is 11.2. The van der Waals surface area contributed by atoms with E-state index in [1.54, 1.807) is 13.8 Å². The summed E-state index contributed by atoms with van der Waals surface area (Å²) in [5.74, 6) is 0.698. The number of para-hydroxylation sites is 2. The maximum atomic E-state index is 10.5. The molecular weight excluding hydrogens is 296 g/mol. The van der Waals surface area contributed by atoms with Crippen LogP contribution in [-0.4, -0.2) is 14.7 Å². The first-order valence-electron chi connectivity index (χ1n) is 8.44. The number of nitrogens with zero attached hydrogens (tertiary/aromatic N) is 2. The van der Waals surface area contributed by atoms with Crippen molar-refractivity contribution in [2.75, 3.05) is 0 Å². The summed E-state index contributed by atoms with van der Waals surface area (Å²) in [5.41, 5.74) is 3.67. The number of hydrogen-bond donors (Lipinski definition) is 1. The second-order valence-electron chi connectivity index (χ2n) is 8.02. The van der Waals surface area contributed by atoms with Crippen molar-refractivity contribution in [3.8, 4) is 0 Å². The van der Waals surface area contributed by atoms with Crippen molar-refractivity contribution in [1.29, 1.82) is 0 Å². The summed E-state index contributed by atoms with van der Waals surface area (Å²) in [6.45, 7) is 10.9. The maximum Gasteiger partial charge on any atom is 0.141 e. The number of fused-ring (bicyclic) bond motifs is 1. The molecule has 1 N–H and O–H groups in total. The number of benzene rings is 2. The topological polar surface area (TPSA) is 38.0 Å². The van der Waals surface area contributed by atoms with Crippen LogP contribution in [0.5, 0.6) is 0 Å². The van der Waals surface area contributed by atoms with Crippen LogP contribution in [0.2, 0.25) is 0 Å². The van der Waals surface area contributed by atoms with E-state index in [4.69, 9.17) is 0 Å². The lowest BCUT2D eigenvalue weighted by molar-refractivity contribution is 0.0657. The number of hydrogen-bond acceptors (Lipinski definition) is 2. The van der Waals surface area contributed by atoms with Gasteiger partial charge in [-0.2, -0.15) is 0 Å². The van der Waals surface area contributed by atoms with E-state index in [-0.39, 0.29) is 5.41 Å². The lowest BCUT2D eigenvalue weighted by Crippen LogP contribution is -2.22. The zero-order valence-corrected chi connectivity index (χ0v) is 15.2. The van der Waals surface area contributed by atoms with Gasteiger partial charge < -0.3 is 9.67 Å². The average molecular weight is 322 g/mol. The molecule has 24 heavy (non-hydrogen) atoms. The van der Waals surface area contributed by atoms with Gasteiger partial charge in [0.05, 0.1) is 11.0 Å². The zero-order chi connectivity index (χ0) is 17.5. The monoisotopic (exact) mass is 322 g/mol. The molecule has 0 unspecified atom stereocenters. The summed E-state index contributed by atoms with van der Waals surface area (Å²) >= 11 is 0. The van der Waals surface area contributed by atoms with E-state index in [0.717, 1.165) is 11.0 Å².